The highest BCUT2D eigenvalue weighted by Gasteiger charge is 2.18. The Hall–Kier alpha value is -1.21. The molecule has 2 aromatic heterocycles. The Balaban J connectivity index is 0.00000156. The molecule has 1 aliphatic heterocycles. The first-order valence-corrected chi connectivity index (χ1v) is 8.29. The number of aliphatic hydroxyl groups excluding tert-OH is 1. The number of nitrogens with zero attached hydrogens (tertiary/aromatic N) is 3. The monoisotopic (exact) mass is 388 g/mol. The number of fused-ring (bicyclic) bond motifs is 1. The second-order valence-corrected chi connectivity index (χ2v) is 6.52. The molecule has 3 rings (SSSR count). The third kappa shape index (κ3) is 5.14. The van der Waals surface area contributed by atoms with Crippen LogP contribution in [0.2, 0.25) is 0 Å². The number of aromatic nitrogens is 3. The summed E-state index contributed by atoms with van der Waals surface area (Å²) in [4.78, 5) is 21.3. The van der Waals surface area contributed by atoms with E-state index in [-0.39, 0.29) is 36.9 Å². The minimum atomic E-state index is -0.562. The molecule has 1 fully saturated rings. The average Bonchev–Trinajstić information content (AvgIpc) is 2.51. The average molecular weight is 389 g/mol. The first-order valence-electron chi connectivity index (χ1n) is 8.29. The second-order valence-electron chi connectivity index (χ2n) is 6.52. The lowest BCUT2D eigenvalue weighted by Crippen LogP contribution is -2.38. The van der Waals surface area contributed by atoms with Crippen molar-refractivity contribution in [2.75, 3.05) is 6.54 Å². The van der Waals surface area contributed by atoms with Gasteiger partial charge < -0.3 is 10.4 Å². The van der Waals surface area contributed by atoms with Crippen LogP contribution >= 0.6 is 24.8 Å². The van der Waals surface area contributed by atoms with Gasteiger partial charge in [-0.05, 0) is 51.3 Å². The number of hydrogen-bond donors (Lipinski definition) is 2. The molecule has 0 radical (unpaired) electrons. The number of aliphatic hydroxyl groups is 1. The zero-order valence-corrected chi connectivity index (χ0v) is 16.2. The largest absolute Gasteiger partial charge is 0.391 e. The number of piperidine rings is 1. The summed E-state index contributed by atoms with van der Waals surface area (Å²) in [5, 5.41) is 13.7. The molecule has 1 aliphatic rings. The van der Waals surface area contributed by atoms with E-state index < -0.39 is 6.10 Å². The lowest BCUT2D eigenvalue weighted by Gasteiger charge is -2.25. The molecule has 0 spiro atoms. The van der Waals surface area contributed by atoms with Gasteiger partial charge in [0, 0.05) is 11.7 Å². The Kier molecular flexibility index (Phi) is 8.28. The highest BCUT2D eigenvalue weighted by Crippen LogP contribution is 2.14. The zero-order valence-electron chi connectivity index (χ0n) is 14.6. The molecular formula is C17H26Cl2N4O2. The van der Waals surface area contributed by atoms with Gasteiger partial charge in [0.2, 0.25) is 0 Å². The molecular weight excluding hydrogens is 363 g/mol. The van der Waals surface area contributed by atoms with E-state index in [1.54, 1.807) is 0 Å². The Labute approximate surface area is 159 Å². The summed E-state index contributed by atoms with van der Waals surface area (Å²) in [6.07, 6.45) is 5.10. The molecule has 140 valence electrons. The van der Waals surface area contributed by atoms with Crippen molar-refractivity contribution < 1.29 is 5.11 Å². The summed E-state index contributed by atoms with van der Waals surface area (Å²) < 4.78 is 1.47. The van der Waals surface area contributed by atoms with Crippen LogP contribution in [0.5, 0.6) is 0 Å². The summed E-state index contributed by atoms with van der Waals surface area (Å²) in [6.45, 7) is 5.07. The summed E-state index contributed by atoms with van der Waals surface area (Å²) in [6, 6.07) is 2.26. The standard InChI is InChI=1S/C17H24N4O2.2ClH/c1-11-7-12(2)20-16-15(11)19-10-21(17(16)23)9-14(22)8-13-5-3-4-6-18-13;;/h7,10,13-14,18,22H,3-6,8-9H2,1-2H3;2*1H/t13-,14-;;/m0../s1. The van der Waals surface area contributed by atoms with Crippen LogP contribution in [0, 0.1) is 13.8 Å². The van der Waals surface area contributed by atoms with Crippen LogP contribution in [0.4, 0.5) is 0 Å². The van der Waals surface area contributed by atoms with Gasteiger partial charge in [-0.15, -0.1) is 24.8 Å². The fraction of sp³-hybridized carbons (Fsp3) is 0.588. The van der Waals surface area contributed by atoms with Crippen molar-refractivity contribution >= 4 is 35.8 Å². The van der Waals surface area contributed by atoms with Gasteiger partial charge in [0.25, 0.3) is 5.56 Å². The van der Waals surface area contributed by atoms with Gasteiger partial charge in [-0.25, -0.2) is 9.97 Å². The number of nitrogens with one attached hydrogen (secondary N) is 1. The van der Waals surface area contributed by atoms with Crippen molar-refractivity contribution in [1.82, 2.24) is 19.9 Å². The summed E-state index contributed by atoms with van der Waals surface area (Å²) in [7, 11) is 0. The molecule has 6 nitrogen and oxygen atoms in total. The molecule has 8 heteroatoms. The zero-order chi connectivity index (χ0) is 16.4. The first kappa shape index (κ1) is 21.8. The van der Waals surface area contributed by atoms with E-state index in [0.29, 0.717) is 23.5 Å². The molecule has 0 aromatic carbocycles. The van der Waals surface area contributed by atoms with Gasteiger partial charge in [0.15, 0.2) is 5.52 Å². The fourth-order valence-corrected chi connectivity index (χ4v) is 3.34. The molecule has 0 bridgehead atoms. The number of pyridine rings is 1. The molecule has 2 aromatic rings. The van der Waals surface area contributed by atoms with Crippen LogP contribution in [0.1, 0.15) is 36.9 Å². The van der Waals surface area contributed by atoms with Gasteiger partial charge in [-0.3, -0.25) is 9.36 Å². The maximum atomic E-state index is 12.6. The Morgan fingerprint density at radius 3 is 2.76 bits per heavy atom. The minimum Gasteiger partial charge on any atom is -0.391 e. The Morgan fingerprint density at radius 2 is 2.08 bits per heavy atom. The molecule has 0 unspecified atom stereocenters. The van der Waals surface area contributed by atoms with Gasteiger partial charge in [-0.2, -0.15) is 0 Å². The maximum absolute atomic E-state index is 12.6. The van der Waals surface area contributed by atoms with Gasteiger partial charge in [0.05, 0.1) is 24.5 Å². The van der Waals surface area contributed by atoms with Crippen LogP contribution in [0.3, 0.4) is 0 Å². The van der Waals surface area contributed by atoms with Gasteiger partial charge in [0.1, 0.15) is 0 Å². The normalized spacial score (nSPS) is 18.3. The van der Waals surface area contributed by atoms with Gasteiger partial charge >= 0.3 is 0 Å². The SMILES string of the molecule is Cc1cc(C)c2ncn(C[C@@H](O)C[C@@H]3CCCCN3)c(=O)c2n1.Cl.Cl. The van der Waals surface area contributed by atoms with Crippen LogP contribution in [-0.4, -0.2) is 38.3 Å². The van der Waals surface area contributed by atoms with Gasteiger partial charge in [-0.1, -0.05) is 6.42 Å². The third-order valence-electron chi connectivity index (χ3n) is 4.48. The minimum absolute atomic E-state index is 0. The van der Waals surface area contributed by atoms with Crippen LogP contribution < -0.4 is 10.9 Å². The van der Waals surface area contributed by atoms with Crippen molar-refractivity contribution in [2.24, 2.45) is 0 Å². The number of hydrogen-bond acceptors (Lipinski definition) is 5. The predicted molar refractivity (Wildman–Crippen MR) is 104 cm³/mol. The van der Waals surface area contributed by atoms with Crippen molar-refractivity contribution in [1.29, 1.82) is 0 Å². The second kappa shape index (κ2) is 9.48. The Morgan fingerprint density at radius 1 is 1.32 bits per heavy atom. The van der Waals surface area contributed by atoms with E-state index in [2.05, 4.69) is 15.3 Å². The van der Waals surface area contributed by atoms with E-state index in [9.17, 15) is 9.90 Å². The topological polar surface area (TPSA) is 80.0 Å². The third-order valence-corrected chi connectivity index (χ3v) is 4.48. The molecule has 25 heavy (non-hydrogen) atoms. The molecule has 0 aliphatic carbocycles. The van der Waals surface area contributed by atoms with Crippen molar-refractivity contribution in [2.45, 2.75) is 58.2 Å². The van der Waals surface area contributed by atoms with E-state index in [0.717, 1.165) is 24.2 Å². The van der Waals surface area contributed by atoms with Crippen molar-refractivity contribution in [3.05, 3.63) is 34.0 Å². The van der Waals surface area contributed by atoms with E-state index >= 15 is 0 Å². The first-order chi connectivity index (χ1) is 11.0. The van der Waals surface area contributed by atoms with Crippen molar-refractivity contribution in [3.8, 4) is 0 Å². The summed E-state index contributed by atoms with van der Waals surface area (Å²) >= 11 is 0. The van der Waals surface area contributed by atoms with Crippen LogP contribution in [0.25, 0.3) is 11.0 Å². The molecule has 0 saturated carbocycles. The van der Waals surface area contributed by atoms with Crippen molar-refractivity contribution in [3.63, 3.8) is 0 Å². The Bertz CT molecular complexity index is 760. The highest BCUT2D eigenvalue weighted by molar-refractivity contribution is 5.85. The molecule has 1 saturated heterocycles. The predicted octanol–water partition coefficient (Wildman–Crippen LogP) is 2.15. The molecule has 2 N–H and O–H groups in total. The fourth-order valence-electron chi connectivity index (χ4n) is 3.34. The molecule has 2 atom stereocenters. The summed E-state index contributed by atoms with van der Waals surface area (Å²) in [5.74, 6) is 0. The lowest BCUT2D eigenvalue weighted by atomic mass is 9.99. The van der Waals surface area contributed by atoms with E-state index in [4.69, 9.17) is 0 Å². The quantitative estimate of drug-likeness (QED) is 0.838. The highest BCUT2D eigenvalue weighted by atomic mass is 35.5. The lowest BCUT2D eigenvalue weighted by molar-refractivity contribution is 0.123. The van der Waals surface area contributed by atoms with Crippen LogP contribution in [-0.2, 0) is 6.54 Å². The number of aryl methyl sites for hydroxylation is 2. The van der Waals surface area contributed by atoms with E-state index in [1.165, 1.54) is 23.7 Å². The molecule has 3 heterocycles. The number of rotatable bonds is 4. The summed E-state index contributed by atoms with van der Waals surface area (Å²) in [5.41, 5.74) is 2.59. The maximum Gasteiger partial charge on any atom is 0.279 e. The smallest absolute Gasteiger partial charge is 0.279 e. The van der Waals surface area contributed by atoms with E-state index in [1.807, 2.05) is 19.9 Å². The van der Waals surface area contributed by atoms with Crippen LogP contribution in [0.15, 0.2) is 17.2 Å². The number of halogens is 2. The molecule has 0 amide bonds.